The highest BCUT2D eigenvalue weighted by Crippen LogP contribution is 2.32. The Balaban J connectivity index is 1.56. The van der Waals surface area contributed by atoms with Crippen molar-refractivity contribution >= 4 is 46.5 Å². The Bertz CT molecular complexity index is 1170. The number of carbonyl (C=O) groups excluding carboxylic acids is 2. The van der Waals surface area contributed by atoms with Gasteiger partial charge in [-0.3, -0.25) is 4.79 Å². The summed E-state index contributed by atoms with van der Waals surface area (Å²) in [4.78, 5) is 27.5. The van der Waals surface area contributed by atoms with Crippen LogP contribution in [-0.2, 0) is 9.47 Å². The molecular formula is C24H22Cl2N2O5. The van der Waals surface area contributed by atoms with Crippen LogP contribution in [0.3, 0.4) is 0 Å². The average molecular weight is 489 g/mol. The van der Waals surface area contributed by atoms with Gasteiger partial charge in [-0.15, -0.1) is 0 Å². The molecule has 1 saturated heterocycles. The molecule has 0 atom stereocenters. The molecule has 1 amide bonds. The lowest BCUT2D eigenvalue weighted by molar-refractivity contribution is 0.0526. The zero-order valence-corrected chi connectivity index (χ0v) is 19.4. The number of carbonyl (C=O) groups is 2. The number of morpholine rings is 1. The van der Waals surface area contributed by atoms with E-state index in [1.807, 2.05) is 0 Å². The van der Waals surface area contributed by atoms with Crippen LogP contribution in [0.5, 0.6) is 0 Å². The lowest BCUT2D eigenvalue weighted by Gasteiger charge is -2.30. The first-order chi connectivity index (χ1) is 16.0. The molecule has 2 heterocycles. The van der Waals surface area contributed by atoms with Crippen LogP contribution in [0, 0.1) is 0 Å². The van der Waals surface area contributed by atoms with E-state index >= 15 is 0 Å². The predicted octanol–water partition coefficient (Wildman–Crippen LogP) is 5.52. The monoisotopic (exact) mass is 488 g/mol. The number of halogens is 2. The zero-order valence-electron chi connectivity index (χ0n) is 17.9. The van der Waals surface area contributed by atoms with Crippen molar-refractivity contribution in [1.29, 1.82) is 0 Å². The fraction of sp³-hybridized carbons (Fsp3) is 0.250. The quantitative estimate of drug-likeness (QED) is 0.460. The van der Waals surface area contributed by atoms with Crippen LogP contribution in [0.4, 0.5) is 11.4 Å². The molecule has 1 aliphatic heterocycles. The molecule has 9 heteroatoms. The molecule has 0 saturated carbocycles. The standard InChI is InChI=1S/C24H22Cl2N2O5/c1-2-32-24(30)18-14-16(4-6-20(18)28-9-11-31-12-10-28)27-23(29)22-8-7-21(33-22)17-5-3-15(25)13-19(17)26/h3-8,13-14H,2,9-12H2,1H3,(H,27,29). The summed E-state index contributed by atoms with van der Waals surface area (Å²) >= 11 is 12.2. The highest BCUT2D eigenvalue weighted by atomic mass is 35.5. The number of benzene rings is 2. The van der Waals surface area contributed by atoms with Crippen molar-refractivity contribution in [3.05, 3.63) is 69.9 Å². The van der Waals surface area contributed by atoms with E-state index in [-0.39, 0.29) is 12.4 Å². The molecule has 4 rings (SSSR count). The number of ether oxygens (including phenoxy) is 2. The van der Waals surface area contributed by atoms with Gasteiger partial charge >= 0.3 is 5.97 Å². The van der Waals surface area contributed by atoms with Crippen LogP contribution in [0.15, 0.2) is 52.9 Å². The summed E-state index contributed by atoms with van der Waals surface area (Å²) < 4.78 is 16.3. The average Bonchev–Trinajstić information content (AvgIpc) is 3.30. The van der Waals surface area contributed by atoms with Crippen LogP contribution < -0.4 is 10.2 Å². The fourth-order valence-electron chi connectivity index (χ4n) is 3.55. The second-order valence-electron chi connectivity index (χ2n) is 7.29. The summed E-state index contributed by atoms with van der Waals surface area (Å²) in [6.45, 7) is 4.50. The van der Waals surface area contributed by atoms with Gasteiger partial charge in [-0.2, -0.15) is 0 Å². The molecule has 0 unspecified atom stereocenters. The molecule has 0 bridgehead atoms. The first-order valence-corrected chi connectivity index (χ1v) is 11.2. The molecule has 1 N–H and O–H groups in total. The van der Waals surface area contributed by atoms with Crippen LogP contribution in [-0.4, -0.2) is 44.8 Å². The number of rotatable bonds is 6. The van der Waals surface area contributed by atoms with E-state index in [4.69, 9.17) is 37.1 Å². The Hall–Kier alpha value is -3.00. The van der Waals surface area contributed by atoms with Crippen molar-refractivity contribution in [1.82, 2.24) is 0 Å². The van der Waals surface area contributed by atoms with Crippen molar-refractivity contribution in [2.75, 3.05) is 43.1 Å². The minimum absolute atomic E-state index is 0.103. The molecule has 0 radical (unpaired) electrons. The molecule has 33 heavy (non-hydrogen) atoms. The molecule has 3 aromatic rings. The summed E-state index contributed by atoms with van der Waals surface area (Å²) in [5.74, 6) is -0.365. The van der Waals surface area contributed by atoms with Gasteiger partial charge in [0.25, 0.3) is 5.91 Å². The molecule has 2 aromatic carbocycles. The van der Waals surface area contributed by atoms with E-state index in [0.29, 0.717) is 58.9 Å². The maximum absolute atomic E-state index is 12.8. The first kappa shape index (κ1) is 23.2. The number of furan rings is 1. The van der Waals surface area contributed by atoms with Crippen LogP contribution >= 0.6 is 23.2 Å². The van der Waals surface area contributed by atoms with Gasteiger partial charge in [-0.1, -0.05) is 23.2 Å². The summed E-state index contributed by atoms with van der Waals surface area (Å²) in [5.41, 5.74) is 2.19. The fourth-order valence-corrected chi connectivity index (χ4v) is 4.05. The number of hydrogen-bond acceptors (Lipinski definition) is 6. The van der Waals surface area contributed by atoms with Gasteiger partial charge in [0.2, 0.25) is 0 Å². The van der Waals surface area contributed by atoms with Crippen molar-refractivity contribution < 1.29 is 23.5 Å². The second kappa shape index (κ2) is 10.3. The third-order valence-corrected chi connectivity index (χ3v) is 5.68. The van der Waals surface area contributed by atoms with Crippen LogP contribution in [0.1, 0.15) is 27.8 Å². The number of hydrogen-bond donors (Lipinski definition) is 1. The van der Waals surface area contributed by atoms with Gasteiger partial charge < -0.3 is 24.1 Å². The third-order valence-electron chi connectivity index (χ3n) is 5.13. The van der Waals surface area contributed by atoms with Gasteiger partial charge in [0.05, 0.1) is 36.1 Å². The molecule has 1 aliphatic rings. The largest absolute Gasteiger partial charge is 0.462 e. The zero-order chi connectivity index (χ0) is 23.4. The molecule has 1 aromatic heterocycles. The molecule has 172 valence electrons. The topological polar surface area (TPSA) is 81.0 Å². The van der Waals surface area contributed by atoms with E-state index in [9.17, 15) is 9.59 Å². The Morgan fingerprint density at radius 2 is 1.85 bits per heavy atom. The molecule has 0 aliphatic carbocycles. The molecular weight excluding hydrogens is 467 g/mol. The Morgan fingerprint density at radius 1 is 1.06 bits per heavy atom. The van der Waals surface area contributed by atoms with E-state index in [0.717, 1.165) is 5.69 Å². The highest BCUT2D eigenvalue weighted by Gasteiger charge is 2.21. The number of esters is 1. The minimum atomic E-state index is -0.458. The van der Waals surface area contributed by atoms with Crippen molar-refractivity contribution in [2.24, 2.45) is 0 Å². The van der Waals surface area contributed by atoms with Crippen LogP contribution in [0.25, 0.3) is 11.3 Å². The van der Waals surface area contributed by atoms with Gasteiger partial charge in [0.1, 0.15) is 5.76 Å². The SMILES string of the molecule is CCOC(=O)c1cc(NC(=O)c2ccc(-c3ccc(Cl)cc3Cl)o2)ccc1N1CCOCC1. The minimum Gasteiger partial charge on any atom is -0.462 e. The van der Waals surface area contributed by atoms with E-state index < -0.39 is 11.9 Å². The van der Waals surface area contributed by atoms with E-state index in [1.165, 1.54) is 0 Å². The molecule has 7 nitrogen and oxygen atoms in total. The maximum Gasteiger partial charge on any atom is 0.340 e. The van der Waals surface area contributed by atoms with Crippen molar-refractivity contribution in [3.8, 4) is 11.3 Å². The summed E-state index contributed by atoms with van der Waals surface area (Å²) in [5, 5.41) is 3.70. The predicted molar refractivity (Wildman–Crippen MR) is 128 cm³/mol. The summed E-state index contributed by atoms with van der Waals surface area (Å²) in [7, 11) is 0. The van der Waals surface area contributed by atoms with Crippen LogP contribution in [0.2, 0.25) is 10.0 Å². The second-order valence-corrected chi connectivity index (χ2v) is 8.14. The Labute approximate surface area is 201 Å². The smallest absolute Gasteiger partial charge is 0.340 e. The lowest BCUT2D eigenvalue weighted by atomic mass is 10.1. The van der Waals surface area contributed by atoms with Crippen molar-refractivity contribution in [3.63, 3.8) is 0 Å². The van der Waals surface area contributed by atoms with Gasteiger partial charge in [0.15, 0.2) is 5.76 Å². The normalized spacial score (nSPS) is 13.6. The maximum atomic E-state index is 12.8. The summed E-state index contributed by atoms with van der Waals surface area (Å²) in [6, 6.07) is 13.4. The van der Waals surface area contributed by atoms with Crippen molar-refractivity contribution in [2.45, 2.75) is 6.92 Å². The number of anilines is 2. The number of nitrogens with zero attached hydrogens (tertiary/aromatic N) is 1. The Morgan fingerprint density at radius 3 is 2.58 bits per heavy atom. The first-order valence-electron chi connectivity index (χ1n) is 10.5. The van der Waals surface area contributed by atoms with E-state index in [2.05, 4.69) is 10.2 Å². The van der Waals surface area contributed by atoms with Gasteiger partial charge in [0, 0.05) is 29.4 Å². The third kappa shape index (κ3) is 5.33. The van der Waals surface area contributed by atoms with E-state index in [1.54, 1.807) is 55.5 Å². The Kier molecular flexibility index (Phi) is 7.23. The molecule has 0 spiro atoms. The van der Waals surface area contributed by atoms with Gasteiger partial charge in [-0.05, 0) is 55.5 Å². The number of amides is 1. The summed E-state index contributed by atoms with van der Waals surface area (Å²) in [6.07, 6.45) is 0. The molecule has 1 fully saturated rings. The van der Waals surface area contributed by atoms with Gasteiger partial charge in [-0.25, -0.2) is 4.79 Å². The number of nitrogens with one attached hydrogen (secondary N) is 1. The lowest BCUT2D eigenvalue weighted by Crippen LogP contribution is -2.37. The highest BCUT2D eigenvalue weighted by molar-refractivity contribution is 6.36.